The van der Waals surface area contributed by atoms with Crippen molar-refractivity contribution < 1.29 is 0 Å². The van der Waals surface area contributed by atoms with Gasteiger partial charge >= 0.3 is 0 Å². The summed E-state index contributed by atoms with van der Waals surface area (Å²) in [6.07, 6.45) is 4.30. The topological polar surface area (TPSA) is 12.0 Å². The van der Waals surface area contributed by atoms with E-state index in [-0.39, 0.29) is 0 Å². The molecule has 0 heterocycles. The first-order valence-corrected chi connectivity index (χ1v) is 6.44. The normalized spacial score (nSPS) is 16.2. The fourth-order valence-corrected chi connectivity index (χ4v) is 2.32. The van der Waals surface area contributed by atoms with Gasteiger partial charge in [-0.1, -0.05) is 18.6 Å². The van der Waals surface area contributed by atoms with Crippen LogP contribution >= 0.6 is 0 Å². The first-order valence-electron chi connectivity index (χ1n) is 6.44. The van der Waals surface area contributed by atoms with E-state index in [1.165, 1.54) is 48.1 Å². The maximum atomic E-state index is 3.59. The molecule has 0 saturated heterocycles. The van der Waals surface area contributed by atoms with E-state index >= 15 is 0 Å². The highest BCUT2D eigenvalue weighted by atomic mass is 14.9. The molecule has 16 heavy (non-hydrogen) atoms. The summed E-state index contributed by atoms with van der Waals surface area (Å²) < 4.78 is 0. The molecular formula is C15H23N. The summed E-state index contributed by atoms with van der Waals surface area (Å²) in [5, 5.41) is 3.59. The van der Waals surface area contributed by atoms with Crippen molar-refractivity contribution in [3.8, 4) is 0 Å². The van der Waals surface area contributed by atoms with Crippen LogP contribution in [0.25, 0.3) is 0 Å². The highest BCUT2D eigenvalue weighted by Crippen LogP contribution is 2.25. The van der Waals surface area contributed by atoms with Gasteiger partial charge in [-0.25, -0.2) is 0 Å². The Kier molecular flexibility index (Phi) is 3.65. The number of rotatable bonds is 4. The van der Waals surface area contributed by atoms with Crippen molar-refractivity contribution >= 4 is 0 Å². The zero-order valence-electron chi connectivity index (χ0n) is 10.8. The van der Waals surface area contributed by atoms with E-state index in [0.29, 0.717) is 0 Å². The Morgan fingerprint density at radius 2 is 1.75 bits per heavy atom. The van der Waals surface area contributed by atoms with Crippen LogP contribution < -0.4 is 5.32 Å². The van der Waals surface area contributed by atoms with E-state index in [0.717, 1.165) is 12.5 Å². The van der Waals surface area contributed by atoms with Crippen molar-refractivity contribution in [1.29, 1.82) is 0 Å². The Morgan fingerprint density at radius 1 is 1.06 bits per heavy atom. The zero-order valence-corrected chi connectivity index (χ0v) is 10.8. The summed E-state index contributed by atoms with van der Waals surface area (Å²) in [5.41, 5.74) is 5.69. The number of nitrogens with one attached hydrogen (secondary N) is 1. The second-order valence-electron chi connectivity index (χ2n) is 5.29. The smallest absolute Gasteiger partial charge is 0.0208 e. The van der Waals surface area contributed by atoms with Crippen LogP contribution in [-0.4, -0.2) is 6.54 Å². The molecule has 0 unspecified atom stereocenters. The molecule has 1 nitrogen and oxygen atoms in total. The van der Waals surface area contributed by atoms with E-state index in [1.807, 2.05) is 0 Å². The minimum absolute atomic E-state index is 0.951. The van der Waals surface area contributed by atoms with Gasteiger partial charge in [0, 0.05) is 6.54 Å². The average molecular weight is 217 g/mol. The van der Waals surface area contributed by atoms with Crippen molar-refractivity contribution in [1.82, 2.24) is 5.32 Å². The van der Waals surface area contributed by atoms with Crippen LogP contribution in [0.15, 0.2) is 12.1 Å². The van der Waals surface area contributed by atoms with Crippen molar-refractivity contribution in [2.24, 2.45) is 5.92 Å². The number of hydrogen-bond acceptors (Lipinski definition) is 1. The summed E-state index contributed by atoms with van der Waals surface area (Å²) in [4.78, 5) is 0. The number of benzene rings is 1. The molecule has 1 N–H and O–H groups in total. The summed E-state index contributed by atoms with van der Waals surface area (Å²) in [6, 6.07) is 4.63. The lowest BCUT2D eigenvalue weighted by Crippen LogP contribution is -2.27. The summed E-state index contributed by atoms with van der Waals surface area (Å²) in [5.74, 6) is 0.951. The van der Waals surface area contributed by atoms with Gasteiger partial charge in [-0.3, -0.25) is 0 Å². The molecule has 1 aliphatic rings. The van der Waals surface area contributed by atoms with E-state index in [2.05, 4.69) is 38.2 Å². The fraction of sp³-hybridized carbons (Fsp3) is 0.600. The minimum Gasteiger partial charge on any atom is -0.312 e. The molecule has 0 amide bonds. The molecule has 0 aromatic heterocycles. The second-order valence-corrected chi connectivity index (χ2v) is 5.29. The zero-order chi connectivity index (χ0) is 11.5. The molecule has 1 aromatic rings. The SMILES string of the molecule is Cc1cc(C)c(CNCC2CCC2)cc1C. The van der Waals surface area contributed by atoms with Crippen LogP contribution in [0, 0.1) is 26.7 Å². The molecule has 0 atom stereocenters. The van der Waals surface area contributed by atoms with Crippen LogP contribution in [0.2, 0.25) is 0 Å². The van der Waals surface area contributed by atoms with E-state index in [1.54, 1.807) is 0 Å². The first-order chi connectivity index (χ1) is 7.66. The minimum atomic E-state index is 0.951. The lowest BCUT2D eigenvalue weighted by molar-refractivity contribution is 0.301. The Bertz CT molecular complexity index is 364. The molecule has 0 spiro atoms. The molecule has 1 heteroatoms. The molecule has 0 radical (unpaired) electrons. The predicted molar refractivity (Wildman–Crippen MR) is 69.7 cm³/mol. The van der Waals surface area contributed by atoms with Crippen LogP contribution in [0.4, 0.5) is 0 Å². The highest BCUT2D eigenvalue weighted by Gasteiger charge is 2.16. The van der Waals surface area contributed by atoms with Gasteiger partial charge < -0.3 is 5.32 Å². The molecule has 2 rings (SSSR count). The Hall–Kier alpha value is -0.820. The number of aryl methyl sites for hydroxylation is 3. The van der Waals surface area contributed by atoms with Crippen LogP contribution in [-0.2, 0) is 6.54 Å². The van der Waals surface area contributed by atoms with Gasteiger partial charge in [0.25, 0.3) is 0 Å². The molecule has 0 aliphatic heterocycles. The second kappa shape index (κ2) is 5.01. The van der Waals surface area contributed by atoms with Gasteiger partial charge in [0.15, 0.2) is 0 Å². The third-order valence-electron chi connectivity index (χ3n) is 3.93. The third kappa shape index (κ3) is 2.65. The molecule has 1 saturated carbocycles. The molecule has 0 bridgehead atoms. The van der Waals surface area contributed by atoms with E-state index < -0.39 is 0 Å². The highest BCUT2D eigenvalue weighted by molar-refractivity contribution is 5.36. The Balaban J connectivity index is 1.90. The van der Waals surface area contributed by atoms with Gasteiger partial charge in [0.05, 0.1) is 0 Å². The van der Waals surface area contributed by atoms with Crippen molar-refractivity contribution in [3.05, 3.63) is 34.4 Å². The van der Waals surface area contributed by atoms with Gasteiger partial charge in [-0.2, -0.15) is 0 Å². The fourth-order valence-electron chi connectivity index (χ4n) is 2.32. The summed E-state index contributed by atoms with van der Waals surface area (Å²) in [7, 11) is 0. The largest absolute Gasteiger partial charge is 0.312 e. The maximum Gasteiger partial charge on any atom is 0.0208 e. The van der Waals surface area contributed by atoms with Crippen LogP contribution in [0.3, 0.4) is 0 Å². The molecule has 1 aliphatic carbocycles. The van der Waals surface area contributed by atoms with Crippen molar-refractivity contribution in [2.45, 2.75) is 46.6 Å². The number of hydrogen-bond donors (Lipinski definition) is 1. The van der Waals surface area contributed by atoms with Crippen LogP contribution in [0.1, 0.15) is 41.5 Å². The monoisotopic (exact) mass is 217 g/mol. The molecule has 1 aromatic carbocycles. The standard InChI is InChI=1S/C15H23N/c1-11-7-13(3)15(8-12(11)2)10-16-9-14-5-4-6-14/h7-8,14,16H,4-6,9-10H2,1-3H3. The van der Waals surface area contributed by atoms with Crippen molar-refractivity contribution in [3.63, 3.8) is 0 Å². The molecule has 88 valence electrons. The van der Waals surface area contributed by atoms with Crippen LogP contribution in [0.5, 0.6) is 0 Å². The average Bonchev–Trinajstić information content (AvgIpc) is 2.17. The Morgan fingerprint density at radius 3 is 2.38 bits per heavy atom. The maximum absolute atomic E-state index is 3.59. The molecular weight excluding hydrogens is 194 g/mol. The first kappa shape index (κ1) is 11.7. The quantitative estimate of drug-likeness (QED) is 0.814. The van der Waals surface area contributed by atoms with E-state index in [9.17, 15) is 0 Å². The van der Waals surface area contributed by atoms with E-state index in [4.69, 9.17) is 0 Å². The molecule has 1 fully saturated rings. The lowest BCUT2D eigenvalue weighted by Gasteiger charge is -2.25. The summed E-state index contributed by atoms with van der Waals surface area (Å²) >= 11 is 0. The lowest BCUT2D eigenvalue weighted by atomic mass is 9.85. The third-order valence-corrected chi connectivity index (χ3v) is 3.93. The van der Waals surface area contributed by atoms with Gasteiger partial charge in [-0.15, -0.1) is 0 Å². The van der Waals surface area contributed by atoms with Gasteiger partial charge in [-0.05, 0) is 68.3 Å². The van der Waals surface area contributed by atoms with Gasteiger partial charge in [0.1, 0.15) is 0 Å². The Labute approximate surface area is 99.3 Å². The van der Waals surface area contributed by atoms with Gasteiger partial charge in [0.2, 0.25) is 0 Å². The summed E-state index contributed by atoms with van der Waals surface area (Å²) in [6.45, 7) is 8.83. The van der Waals surface area contributed by atoms with Crippen molar-refractivity contribution in [2.75, 3.05) is 6.54 Å². The predicted octanol–water partition coefficient (Wildman–Crippen LogP) is 3.50.